The van der Waals surface area contributed by atoms with Crippen molar-refractivity contribution in [3.8, 4) is 0 Å². The fourth-order valence-electron chi connectivity index (χ4n) is 3.39. The van der Waals surface area contributed by atoms with Crippen LogP contribution in [0.15, 0.2) is 48.5 Å². The normalized spacial score (nSPS) is 14.6. The summed E-state index contributed by atoms with van der Waals surface area (Å²) in [6.07, 6.45) is 1.45. The van der Waals surface area contributed by atoms with Crippen molar-refractivity contribution >= 4 is 23.1 Å². The summed E-state index contributed by atoms with van der Waals surface area (Å²) in [6.45, 7) is 2.70. The first-order valence-corrected chi connectivity index (χ1v) is 8.86. The Balaban J connectivity index is 1.82. The fraction of sp³-hybridized carbons (Fsp3) is 0.300. The molecule has 1 fully saturated rings. The number of hydrogen-bond acceptors (Lipinski definition) is 5. The third-order valence-electron chi connectivity index (χ3n) is 4.71. The molecule has 0 aromatic heterocycles. The average molecular weight is 367 g/mol. The first kappa shape index (κ1) is 18.6. The topological polar surface area (TPSA) is 92.6 Å². The molecule has 7 nitrogen and oxygen atoms in total. The van der Waals surface area contributed by atoms with E-state index < -0.39 is 4.92 Å². The Bertz CT molecular complexity index is 859. The number of nitrogens with zero attached hydrogens (tertiary/aromatic N) is 2. The van der Waals surface area contributed by atoms with Crippen LogP contribution in [0.25, 0.3) is 0 Å². The molecule has 1 saturated heterocycles. The maximum Gasteiger partial charge on any atom is 0.293 e. The lowest BCUT2D eigenvalue weighted by atomic mass is 10.0. The lowest BCUT2D eigenvalue weighted by Gasteiger charge is -2.33. The Morgan fingerprint density at radius 2 is 1.74 bits per heavy atom. The second-order valence-electron chi connectivity index (χ2n) is 6.62. The minimum absolute atomic E-state index is 0.0665. The van der Waals surface area contributed by atoms with Crippen LogP contribution in [0.2, 0.25) is 0 Å². The van der Waals surface area contributed by atoms with E-state index in [1.807, 2.05) is 11.0 Å². The Kier molecular flexibility index (Phi) is 5.49. The van der Waals surface area contributed by atoms with Crippen LogP contribution in [0, 0.1) is 10.1 Å². The molecule has 1 heterocycles. The van der Waals surface area contributed by atoms with Gasteiger partial charge in [0.2, 0.25) is 5.91 Å². The molecule has 0 spiro atoms. The summed E-state index contributed by atoms with van der Waals surface area (Å²) >= 11 is 0. The first-order valence-electron chi connectivity index (χ1n) is 8.86. The molecule has 0 atom stereocenters. The van der Waals surface area contributed by atoms with Crippen molar-refractivity contribution < 1.29 is 14.5 Å². The molecule has 1 N–H and O–H groups in total. The van der Waals surface area contributed by atoms with Gasteiger partial charge < -0.3 is 10.2 Å². The average Bonchev–Trinajstić information content (AvgIpc) is 2.68. The van der Waals surface area contributed by atoms with Gasteiger partial charge in [-0.05, 0) is 25.0 Å². The number of carbonyl (C=O) groups excluding carboxylic acids is 2. The van der Waals surface area contributed by atoms with E-state index in [1.54, 1.807) is 36.4 Å². The van der Waals surface area contributed by atoms with Gasteiger partial charge in [-0.25, -0.2) is 0 Å². The Labute approximate surface area is 157 Å². The molecule has 1 aliphatic rings. The zero-order valence-electron chi connectivity index (χ0n) is 15.1. The van der Waals surface area contributed by atoms with E-state index in [-0.39, 0.29) is 23.4 Å². The SMILES string of the molecule is CC(=O)NC1CCN(c2ccc(C(=O)c3ccccc3)cc2[N+](=O)[O-])CC1. The van der Waals surface area contributed by atoms with Crippen molar-refractivity contribution in [2.24, 2.45) is 0 Å². The third-order valence-corrected chi connectivity index (χ3v) is 4.71. The largest absolute Gasteiger partial charge is 0.366 e. The fourth-order valence-corrected chi connectivity index (χ4v) is 3.39. The number of piperidine rings is 1. The van der Waals surface area contributed by atoms with Crippen molar-refractivity contribution in [1.82, 2.24) is 5.32 Å². The number of nitrogens with one attached hydrogen (secondary N) is 1. The van der Waals surface area contributed by atoms with Crippen molar-refractivity contribution in [2.45, 2.75) is 25.8 Å². The highest BCUT2D eigenvalue weighted by Gasteiger charge is 2.26. The highest BCUT2D eigenvalue weighted by molar-refractivity contribution is 6.09. The molecule has 1 amide bonds. The zero-order chi connectivity index (χ0) is 19.4. The number of hydrogen-bond donors (Lipinski definition) is 1. The van der Waals surface area contributed by atoms with Crippen LogP contribution in [0.3, 0.4) is 0 Å². The zero-order valence-corrected chi connectivity index (χ0v) is 15.1. The van der Waals surface area contributed by atoms with Crippen molar-refractivity contribution in [3.63, 3.8) is 0 Å². The lowest BCUT2D eigenvalue weighted by Crippen LogP contribution is -2.44. The summed E-state index contributed by atoms with van der Waals surface area (Å²) in [5, 5.41) is 14.5. The van der Waals surface area contributed by atoms with E-state index >= 15 is 0 Å². The Hall–Kier alpha value is -3.22. The van der Waals surface area contributed by atoms with Crippen LogP contribution in [0.5, 0.6) is 0 Å². The molecule has 0 aliphatic carbocycles. The van der Waals surface area contributed by atoms with E-state index in [9.17, 15) is 19.7 Å². The lowest BCUT2D eigenvalue weighted by molar-refractivity contribution is -0.384. The molecular formula is C20H21N3O4. The number of anilines is 1. The number of benzene rings is 2. The molecule has 0 radical (unpaired) electrons. The standard InChI is InChI=1S/C20H21N3O4/c1-14(24)21-17-9-11-22(12-10-17)18-8-7-16(13-19(18)23(26)27)20(25)15-5-3-2-4-6-15/h2-8,13,17H,9-12H2,1H3,(H,21,24). The van der Waals surface area contributed by atoms with Crippen molar-refractivity contribution in [1.29, 1.82) is 0 Å². The van der Waals surface area contributed by atoms with Gasteiger partial charge in [0.25, 0.3) is 5.69 Å². The van der Waals surface area contributed by atoms with E-state index in [1.165, 1.54) is 13.0 Å². The molecule has 0 saturated carbocycles. The van der Waals surface area contributed by atoms with Gasteiger partial charge in [-0.1, -0.05) is 30.3 Å². The highest BCUT2D eigenvalue weighted by atomic mass is 16.6. The maximum atomic E-state index is 12.6. The van der Waals surface area contributed by atoms with Crippen LogP contribution >= 0.6 is 0 Å². The summed E-state index contributed by atoms with van der Waals surface area (Å²) in [7, 11) is 0. The molecule has 0 bridgehead atoms. The second-order valence-corrected chi connectivity index (χ2v) is 6.62. The molecular weight excluding hydrogens is 346 g/mol. The van der Waals surface area contributed by atoms with Gasteiger partial charge in [0.15, 0.2) is 5.78 Å². The molecule has 2 aromatic rings. The monoisotopic (exact) mass is 367 g/mol. The molecule has 3 rings (SSSR count). The van der Waals surface area contributed by atoms with E-state index in [0.717, 1.165) is 12.8 Å². The Morgan fingerprint density at radius 1 is 1.07 bits per heavy atom. The molecule has 140 valence electrons. The first-order chi connectivity index (χ1) is 13.0. The minimum atomic E-state index is -0.447. The third kappa shape index (κ3) is 4.31. The molecule has 27 heavy (non-hydrogen) atoms. The van der Waals surface area contributed by atoms with Gasteiger partial charge in [0.05, 0.1) is 4.92 Å². The van der Waals surface area contributed by atoms with Crippen molar-refractivity contribution in [3.05, 3.63) is 69.8 Å². The van der Waals surface area contributed by atoms with Crippen LogP contribution in [-0.2, 0) is 4.79 Å². The predicted octanol–water partition coefficient (Wildman–Crippen LogP) is 2.93. The summed E-state index contributed by atoms with van der Waals surface area (Å²) in [6, 6.07) is 13.4. The van der Waals surface area contributed by atoms with Crippen LogP contribution in [0.1, 0.15) is 35.7 Å². The molecule has 2 aromatic carbocycles. The second kappa shape index (κ2) is 7.99. The summed E-state index contributed by atoms with van der Waals surface area (Å²) < 4.78 is 0. The molecule has 0 unspecified atom stereocenters. The van der Waals surface area contributed by atoms with Gasteiger partial charge >= 0.3 is 0 Å². The summed E-state index contributed by atoms with van der Waals surface area (Å²) in [4.78, 5) is 36.8. The number of rotatable bonds is 5. The number of nitro benzene ring substituents is 1. The highest BCUT2D eigenvalue weighted by Crippen LogP contribution is 2.32. The maximum absolute atomic E-state index is 12.6. The number of ketones is 1. The van der Waals surface area contributed by atoms with Gasteiger partial charge in [-0.15, -0.1) is 0 Å². The van der Waals surface area contributed by atoms with Gasteiger partial charge in [0, 0.05) is 43.2 Å². The van der Waals surface area contributed by atoms with E-state index in [2.05, 4.69) is 5.32 Å². The quantitative estimate of drug-likeness (QED) is 0.498. The van der Waals surface area contributed by atoms with Crippen molar-refractivity contribution in [2.75, 3.05) is 18.0 Å². The van der Waals surface area contributed by atoms with Crippen LogP contribution in [0.4, 0.5) is 11.4 Å². The van der Waals surface area contributed by atoms with E-state index in [4.69, 9.17) is 0 Å². The van der Waals surface area contributed by atoms with Gasteiger partial charge in [-0.3, -0.25) is 19.7 Å². The van der Waals surface area contributed by atoms with Gasteiger partial charge in [-0.2, -0.15) is 0 Å². The number of nitro groups is 1. The van der Waals surface area contributed by atoms with Crippen LogP contribution < -0.4 is 10.2 Å². The smallest absolute Gasteiger partial charge is 0.293 e. The summed E-state index contributed by atoms with van der Waals surface area (Å²) in [5.41, 5.74) is 1.22. The van der Waals surface area contributed by atoms with Crippen LogP contribution in [-0.4, -0.2) is 35.7 Å². The minimum Gasteiger partial charge on any atom is -0.366 e. The molecule has 1 aliphatic heterocycles. The van der Waals surface area contributed by atoms with Gasteiger partial charge in [0.1, 0.15) is 5.69 Å². The predicted molar refractivity (Wildman–Crippen MR) is 102 cm³/mol. The number of amides is 1. The summed E-state index contributed by atoms with van der Waals surface area (Å²) in [5.74, 6) is -0.308. The molecule has 7 heteroatoms. The number of carbonyl (C=O) groups is 2. The van der Waals surface area contributed by atoms with E-state index in [0.29, 0.717) is 29.9 Å². The Morgan fingerprint density at radius 3 is 2.33 bits per heavy atom.